The molecule has 2 saturated heterocycles. The summed E-state index contributed by atoms with van der Waals surface area (Å²) in [5, 5.41) is 9.16. The molecule has 8 heteroatoms. The minimum Gasteiger partial charge on any atom is -0.481 e. The topological polar surface area (TPSA) is 83.9 Å². The Balaban J connectivity index is 1.84. The van der Waals surface area contributed by atoms with E-state index in [2.05, 4.69) is 0 Å². The molecule has 3 atom stereocenters. The fraction of sp³-hybridized carbons (Fsp3) is 0.615. The maximum atomic E-state index is 12.6. The van der Waals surface area contributed by atoms with Gasteiger partial charge in [0.25, 0.3) is 10.0 Å². The fourth-order valence-corrected chi connectivity index (χ4v) is 6.08. The van der Waals surface area contributed by atoms with Gasteiger partial charge in [-0.15, -0.1) is 11.3 Å². The summed E-state index contributed by atoms with van der Waals surface area (Å²) >= 11 is 1.26. The highest BCUT2D eigenvalue weighted by atomic mass is 32.2. The van der Waals surface area contributed by atoms with Crippen LogP contribution in [0.3, 0.4) is 0 Å². The summed E-state index contributed by atoms with van der Waals surface area (Å²) in [5.41, 5.74) is 0.956. The molecule has 0 aromatic carbocycles. The summed E-state index contributed by atoms with van der Waals surface area (Å²) in [6.07, 6.45) is -0.303. The van der Waals surface area contributed by atoms with Gasteiger partial charge in [-0.2, -0.15) is 4.31 Å². The summed E-state index contributed by atoms with van der Waals surface area (Å²) in [6, 6.07) is 1.68. The quantitative estimate of drug-likeness (QED) is 0.896. The third kappa shape index (κ3) is 2.40. The highest BCUT2D eigenvalue weighted by Gasteiger charge is 2.50. The monoisotopic (exact) mass is 331 g/mol. The van der Waals surface area contributed by atoms with E-state index < -0.39 is 21.9 Å². The van der Waals surface area contributed by atoms with Gasteiger partial charge in [-0.25, -0.2) is 8.42 Å². The molecule has 0 saturated carbocycles. The second kappa shape index (κ2) is 5.05. The number of thiophene rings is 1. The van der Waals surface area contributed by atoms with Crippen LogP contribution in [0.25, 0.3) is 0 Å². The number of sulfonamides is 1. The number of hydrogen-bond donors (Lipinski definition) is 1. The third-order valence-electron chi connectivity index (χ3n) is 4.34. The average Bonchev–Trinajstić information content (AvgIpc) is 3.03. The Morgan fingerprint density at radius 1 is 1.43 bits per heavy atom. The van der Waals surface area contributed by atoms with Gasteiger partial charge in [0.2, 0.25) is 0 Å². The Bertz CT molecular complexity index is 661. The standard InChI is InChI=1S/C13H17NO5S2/c1-7-3-12(20-8(7)2)21(17,18)14-4-9-10(13(15)16)6-19-11(9)5-14/h3,9-11H,4-6H2,1-2H3,(H,15,16)/t9-,10-,11-/m0/s1. The Morgan fingerprint density at radius 2 is 2.14 bits per heavy atom. The second-order valence-corrected chi connectivity index (χ2v) is 9.03. The zero-order valence-corrected chi connectivity index (χ0v) is 13.4. The number of hydrogen-bond acceptors (Lipinski definition) is 5. The largest absolute Gasteiger partial charge is 0.481 e. The highest BCUT2D eigenvalue weighted by molar-refractivity contribution is 7.91. The molecule has 0 unspecified atom stereocenters. The van der Waals surface area contributed by atoms with Crippen molar-refractivity contribution in [2.75, 3.05) is 19.7 Å². The van der Waals surface area contributed by atoms with Crippen molar-refractivity contribution in [3.8, 4) is 0 Å². The summed E-state index contributed by atoms with van der Waals surface area (Å²) in [5.74, 6) is -1.77. The number of aryl methyl sites for hydroxylation is 2. The summed E-state index contributed by atoms with van der Waals surface area (Å²) in [6.45, 7) is 4.41. The molecule has 2 fully saturated rings. The van der Waals surface area contributed by atoms with Gasteiger partial charge in [0.05, 0.1) is 18.6 Å². The molecule has 6 nitrogen and oxygen atoms in total. The van der Waals surface area contributed by atoms with Crippen molar-refractivity contribution in [3.05, 3.63) is 16.5 Å². The molecule has 2 aliphatic heterocycles. The van der Waals surface area contributed by atoms with Crippen LogP contribution < -0.4 is 0 Å². The zero-order valence-electron chi connectivity index (χ0n) is 11.8. The molecule has 0 radical (unpaired) electrons. The molecule has 2 aliphatic rings. The van der Waals surface area contributed by atoms with Crippen molar-refractivity contribution in [1.82, 2.24) is 4.31 Å². The van der Waals surface area contributed by atoms with E-state index in [4.69, 9.17) is 9.84 Å². The molecule has 3 heterocycles. The van der Waals surface area contributed by atoms with Gasteiger partial charge >= 0.3 is 5.97 Å². The van der Waals surface area contributed by atoms with Crippen LogP contribution in [0.1, 0.15) is 10.4 Å². The number of ether oxygens (including phenoxy) is 1. The van der Waals surface area contributed by atoms with Gasteiger partial charge in [0.15, 0.2) is 0 Å². The van der Waals surface area contributed by atoms with Crippen LogP contribution in [-0.4, -0.2) is 49.6 Å². The summed E-state index contributed by atoms with van der Waals surface area (Å²) in [7, 11) is -3.55. The van der Waals surface area contributed by atoms with E-state index >= 15 is 0 Å². The summed E-state index contributed by atoms with van der Waals surface area (Å²) < 4.78 is 32.4. The van der Waals surface area contributed by atoms with Gasteiger partial charge in [-0.05, 0) is 25.5 Å². The van der Waals surface area contributed by atoms with Crippen LogP contribution in [-0.2, 0) is 19.6 Å². The van der Waals surface area contributed by atoms with Crippen LogP contribution >= 0.6 is 11.3 Å². The van der Waals surface area contributed by atoms with Gasteiger partial charge in [-0.1, -0.05) is 0 Å². The Hall–Kier alpha value is -0.960. The molecular weight excluding hydrogens is 314 g/mol. The molecule has 0 bridgehead atoms. The van der Waals surface area contributed by atoms with E-state index in [1.807, 2.05) is 13.8 Å². The Morgan fingerprint density at radius 3 is 2.71 bits per heavy atom. The lowest BCUT2D eigenvalue weighted by molar-refractivity contribution is -0.142. The van der Waals surface area contributed by atoms with Crippen molar-refractivity contribution < 1.29 is 23.1 Å². The normalized spacial score (nSPS) is 29.7. The smallest absolute Gasteiger partial charge is 0.309 e. The molecule has 1 aromatic rings. The van der Waals surface area contributed by atoms with Crippen molar-refractivity contribution in [1.29, 1.82) is 0 Å². The van der Waals surface area contributed by atoms with Gasteiger partial charge in [-0.3, -0.25) is 4.79 Å². The molecular formula is C13H17NO5S2. The molecule has 0 amide bonds. The number of fused-ring (bicyclic) bond motifs is 1. The van der Waals surface area contributed by atoms with Crippen molar-refractivity contribution in [2.45, 2.75) is 24.2 Å². The van der Waals surface area contributed by atoms with Crippen molar-refractivity contribution in [3.63, 3.8) is 0 Å². The van der Waals surface area contributed by atoms with Crippen molar-refractivity contribution >= 4 is 27.3 Å². The lowest BCUT2D eigenvalue weighted by Crippen LogP contribution is -2.32. The number of aliphatic carboxylic acids is 1. The van der Waals surface area contributed by atoms with Crippen LogP contribution in [0.15, 0.2) is 10.3 Å². The number of carbonyl (C=O) groups is 1. The lowest BCUT2D eigenvalue weighted by atomic mass is 9.94. The molecule has 1 N–H and O–H groups in total. The third-order valence-corrected chi connectivity index (χ3v) is 7.77. The number of nitrogens with zero attached hydrogens (tertiary/aromatic N) is 1. The molecule has 116 valence electrons. The van der Waals surface area contributed by atoms with Gasteiger partial charge in [0, 0.05) is 23.9 Å². The van der Waals surface area contributed by atoms with Crippen molar-refractivity contribution in [2.24, 2.45) is 11.8 Å². The minimum atomic E-state index is -3.55. The SMILES string of the molecule is Cc1cc(S(=O)(=O)N2C[C@@H]3[C@H](C2)OC[C@@H]3C(=O)O)sc1C. The Kier molecular flexibility index (Phi) is 3.59. The second-order valence-electron chi connectivity index (χ2n) is 5.61. The van der Waals surface area contributed by atoms with E-state index in [-0.39, 0.29) is 31.7 Å². The molecule has 0 spiro atoms. The van der Waals surface area contributed by atoms with Crippen LogP contribution in [0.4, 0.5) is 0 Å². The highest BCUT2D eigenvalue weighted by Crippen LogP contribution is 2.37. The van der Waals surface area contributed by atoms with E-state index in [0.29, 0.717) is 4.21 Å². The van der Waals surface area contributed by atoms with Crippen LogP contribution in [0.5, 0.6) is 0 Å². The molecule has 21 heavy (non-hydrogen) atoms. The first-order valence-electron chi connectivity index (χ1n) is 6.72. The van der Waals surface area contributed by atoms with Crippen LogP contribution in [0.2, 0.25) is 0 Å². The number of carboxylic acids is 1. The fourth-order valence-electron chi connectivity index (χ4n) is 2.92. The minimum absolute atomic E-state index is 0.176. The first-order valence-corrected chi connectivity index (χ1v) is 8.98. The van der Waals surface area contributed by atoms with Gasteiger partial charge < -0.3 is 9.84 Å². The maximum Gasteiger partial charge on any atom is 0.309 e. The molecule has 0 aliphatic carbocycles. The first-order chi connectivity index (χ1) is 9.80. The lowest BCUT2D eigenvalue weighted by Gasteiger charge is -2.17. The summed E-state index contributed by atoms with van der Waals surface area (Å²) in [4.78, 5) is 12.2. The zero-order chi connectivity index (χ0) is 15.4. The predicted molar refractivity (Wildman–Crippen MR) is 76.9 cm³/mol. The average molecular weight is 331 g/mol. The van der Waals surface area contributed by atoms with Gasteiger partial charge in [0.1, 0.15) is 4.21 Å². The van der Waals surface area contributed by atoms with E-state index in [1.54, 1.807) is 6.07 Å². The molecule has 3 rings (SSSR count). The van der Waals surface area contributed by atoms with E-state index in [9.17, 15) is 13.2 Å². The van der Waals surface area contributed by atoms with Crippen LogP contribution in [0, 0.1) is 25.7 Å². The van der Waals surface area contributed by atoms with E-state index in [1.165, 1.54) is 15.6 Å². The number of rotatable bonds is 3. The Labute approximate surface area is 127 Å². The number of carboxylic acid groups (broad SMARTS) is 1. The van der Waals surface area contributed by atoms with E-state index in [0.717, 1.165) is 10.4 Å². The maximum absolute atomic E-state index is 12.6. The molecule has 1 aromatic heterocycles. The predicted octanol–water partition coefficient (Wildman–Crippen LogP) is 1.09. The first kappa shape index (κ1) is 15.0.